The van der Waals surface area contributed by atoms with Gasteiger partial charge in [-0.25, -0.2) is 9.97 Å². The highest BCUT2D eigenvalue weighted by Crippen LogP contribution is 2.28. The molecule has 0 aliphatic heterocycles. The summed E-state index contributed by atoms with van der Waals surface area (Å²) in [6, 6.07) is 0. The molecule has 0 atom stereocenters. The molecule has 1 aromatic heterocycles. The van der Waals surface area contributed by atoms with Crippen molar-refractivity contribution in [2.45, 2.75) is 39.5 Å². The molecule has 0 unspecified atom stereocenters. The van der Waals surface area contributed by atoms with Crippen LogP contribution >= 0.6 is 0 Å². The van der Waals surface area contributed by atoms with Gasteiger partial charge < -0.3 is 15.4 Å². The average Bonchev–Trinajstić information content (AvgIpc) is 3.27. The fourth-order valence-corrected chi connectivity index (χ4v) is 2.13. The SMILES string of the molecule is CCNc1ncnc(NCCCOCC2CC2)c1CC. The first-order valence-electron chi connectivity index (χ1n) is 7.74. The van der Waals surface area contributed by atoms with E-state index in [1.165, 1.54) is 12.8 Å². The van der Waals surface area contributed by atoms with Crippen LogP contribution in [-0.2, 0) is 11.2 Å². The van der Waals surface area contributed by atoms with Gasteiger partial charge in [0.2, 0.25) is 0 Å². The first-order chi connectivity index (χ1) is 9.85. The number of nitrogens with zero attached hydrogens (tertiary/aromatic N) is 2. The molecule has 5 nitrogen and oxygen atoms in total. The van der Waals surface area contributed by atoms with E-state index in [-0.39, 0.29) is 0 Å². The zero-order valence-corrected chi connectivity index (χ0v) is 12.6. The number of ether oxygens (including phenoxy) is 1. The Kier molecular flexibility index (Phi) is 6.05. The molecule has 0 spiro atoms. The molecule has 0 amide bonds. The smallest absolute Gasteiger partial charge is 0.134 e. The lowest BCUT2D eigenvalue weighted by Gasteiger charge is -2.13. The summed E-state index contributed by atoms with van der Waals surface area (Å²) in [5, 5.41) is 6.68. The molecular formula is C15H26N4O. The fourth-order valence-electron chi connectivity index (χ4n) is 2.13. The first-order valence-corrected chi connectivity index (χ1v) is 7.74. The van der Waals surface area contributed by atoms with Crippen molar-refractivity contribution < 1.29 is 4.74 Å². The average molecular weight is 278 g/mol. The van der Waals surface area contributed by atoms with Crippen LogP contribution in [0, 0.1) is 5.92 Å². The Labute approximate surface area is 121 Å². The molecule has 1 aliphatic carbocycles. The summed E-state index contributed by atoms with van der Waals surface area (Å²) in [5.41, 5.74) is 1.16. The van der Waals surface area contributed by atoms with Crippen molar-refractivity contribution in [1.82, 2.24) is 9.97 Å². The second-order valence-electron chi connectivity index (χ2n) is 5.23. The fraction of sp³-hybridized carbons (Fsp3) is 0.733. The standard InChI is InChI=1S/C15H26N4O/c1-3-13-14(16-4-2)18-11-19-15(13)17-8-5-9-20-10-12-6-7-12/h11-12H,3-10H2,1-2H3,(H2,16,17,18,19). The minimum Gasteiger partial charge on any atom is -0.381 e. The molecule has 1 fully saturated rings. The molecule has 1 saturated carbocycles. The van der Waals surface area contributed by atoms with E-state index in [0.717, 1.165) is 62.3 Å². The van der Waals surface area contributed by atoms with Crippen LogP contribution in [0.4, 0.5) is 11.6 Å². The van der Waals surface area contributed by atoms with Gasteiger partial charge in [0.05, 0.1) is 0 Å². The normalized spacial score (nSPS) is 14.3. The highest BCUT2D eigenvalue weighted by molar-refractivity contribution is 5.57. The molecule has 1 aliphatic rings. The van der Waals surface area contributed by atoms with Crippen molar-refractivity contribution >= 4 is 11.6 Å². The van der Waals surface area contributed by atoms with Gasteiger partial charge in [0.15, 0.2) is 0 Å². The third-order valence-corrected chi connectivity index (χ3v) is 3.45. The van der Waals surface area contributed by atoms with E-state index in [1.807, 2.05) is 0 Å². The third kappa shape index (κ3) is 4.63. The van der Waals surface area contributed by atoms with Crippen molar-refractivity contribution in [2.75, 3.05) is 36.9 Å². The summed E-state index contributed by atoms with van der Waals surface area (Å²) in [7, 11) is 0. The summed E-state index contributed by atoms with van der Waals surface area (Å²) >= 11 is 0. The van der Waals surface area contributed by atoms with Gasteiger partial charge in [-0.15, -0.1) is 0 Å². The number of rotatable bonds is 10. The van der Waals surface area contributed by atoms with Gasteiger partial charge in [-0.2, -0.15) is 0 Å². The van der Waals surface area contributed by atoms with E-state index in [9.17, 15) is 0 Å². The van der Waals surface area contributed by atoms with Crippen molar-refractivity contribution in [3.63, 3.8) is 0 Å². The van der Waals surface area contributed by atoms with Gasteiger partial charge in [0.25, 0.3) is 0 Å². The molecule has 2 rings (SSSR count). The lowest BCUT2D eigenvalue weighted by atomic mass is 10.2. The van der Waals surface area contributed by atoms with Crippen molar-refractivity contribution in [3.8, 4) is 0 Å². The topological polar surface area (TPSA) is 59.1 Å². The molecule has 1 aromatic rings. The number of hydrogen-bond donors (Lipinski definition) is 2. The molecule has 2 N–H and O–H groups in total. The second-order valence-corrected chi connectivity index (χ2v) is 5.23. The Hall–Kier alpha value is -1.36. The van der Waals surface area contributed by atoms with Crippen molar-refractivity contribution in [1.29, 1.82) is 0 Å². The van der Waals surface area contributed by atoms with Crippen LogP contribution in [0.1, 0.15) is 38.7 Å². The van der Waals surface area contributed by atoms with E-state index >= 15 is 0 Å². The highest BCUT2D eigenvalue weighted by atomic mass is 16.5. The molecule has 1 heterocycles. The molecule has 0 bridgehead atoms. The maximum atomic E-state index is 5.63. The molecule has 0 radical (unpaired) electrons. The van der Waals surface area contributed by atoms with E-state index in [0.29, 0.717) is 0 Å². The number of aromatic nitrogens is 2. The predicted molar refractivity (Wildman–Crippen MR) is 82.2 cm³/mol. The van der Waals surface area contributed by atoms with Crippen LogP contribution in [-0.4, -0.2) is 36.3 Å². The molecular weight excluding hydrogens is 252 g/mol. The minimum absolute atomic E-state index is 0.829. The van der Waals surface area contributed by atoms with E-state index in [4.69, 9.17) is 4.74 Å². The van der Waals surface area contributed by atoms with Crippen LogP contribution in [0.5, 0.6) is 0 Å². The van der Waals surface area contributed by atoms with E-state index in [2.05, 4.69) is 34.4 Å². The lowest BCUT2D eigenvalue weighted by Crippen LogP contribution is -2.12. The number of anilines is 2. The number of nitrogens with one attached hydrogen (secondary N) is 2. The lowest BCUT2D eigenvalue weighted by molar-refractivity contribution is 0.124. The van der Waals surface area contributed by atoms with Crippen LogP contribution in [0.25, 0.3) is 0 Å². The minimum atomic E-state index is 0.829. The van der Waals surface area contributed by atoms with Gasteiger partial charge in [0.1, 0.15) is 18.0 Å². The number of hydrogen-bond acceptors (Lipinski definition) is 5. The zero-order valence-electron chi connectivity index (χ0n) is 12.6. The van der Waals surface area contributed by atoms with Gasteiger partial charge in [-0.05, 0) is 38.5 Å². The van der Waals surface area contributed by atoms with Crippen LogP contribution in [0.2, 0.25) is 0 Å². The maximum Gasteiger partial charge on any atom is 0.134 e. The maximum absolute atomic E-state index is 5.63. The summed E-state index contributed by atoms with van der Waals surface area (Å²) in [6.45, 7) is 7.74. The molecule has 20 heavy (non-hydrogen) atoms. The first kappa shape index (κ1) is 15.0. The Morgan fingerprint density at radius 1 is 1.20 bits per heavy atom. The predicted octanol–water partition coefficient (Wildman–Crippen LogP) is 2.70. The van der Waals surface area contributed by atoms with Crippen LogP contribution < -0.4 is 10.6 Å². The summed E-state index contributed by atoms with van der Waals surface area (Å²) in [4.78, 5) is 8.64. The van der Waals surface area contributed by atoms with Crippen LogP contribution in [0.15, 0.2) is 6.33 Å². The van der Waals surface area contributed by atoms with Crippen LogP contribution in [0.3, 0.4) is 0 Å². The van der Waals surface area contributed by atoms with Gasteiger partial charge >= 0.3 is 0 Å². The van der Waals surface area contributed by atoms with Crippen molar-refractivity contribution in [3.05, 3.63) is 11.9 Å². The Morgan fingerprint density at radius 2 is 1.95 bits per heavy atom. The monoisotopic (exact) mass is 278 g/mol. The highest BCUT2D eigenvalue weighted by Gasteiger charge is 2.20. The van der Waals surface area contributed by atoms with Gasteiger partial charge in [0, 0.05) is 31.9 Å². The summed E-state index contributed by atoms with van der Waals surface area (Å²) in [6.07, 6.45) is 6.25. The quantitative estimate of drug-likeness (QED) is 0.644. The summed E-state index contributed by atoms with van der Waals surface area (Å²) < 4.78 is 5.63. The molecule has 0 saturated heterocycles. The largest absolute Gasteiger partial charge is 0.381 e. The van der Waals surface area contributed by atoms with E-state index < -0.39 is 0 Å². The molecule has 0 aromatic carbocycles. The van der Waals surface area contributed by atoms with E-state index in [1.54, 1.807) is 6.33 Å². The van der Waals surface area contributed by atoms with Gasteiger partial charge in [-0.1, -0.05) is 6.92 Å². The van der Waals surface area contributed by atoms with Crippen molar-refractivity contribution in [2.24, 2.45) is 5.92 Å². The molecule has 112 valence electrons. The Balaban J connectivity index is 1.74. The zero-order chi connectivity index (χ0) is 14.2. The second kappa shape index (κ2) is 8.04. The Morgan fingerprint density at radius 3 is 2.60 bits per heavy atom. The van der Waals surface area contributed by atoms with Gasteiger partial charge in [-0.3, -0.25) is 0 Å². The molecule has 5 heteroatoms. The third-order valence-electron chi connectivity index (χ3n) is 3.45. The summed E-state index contributed by atoms with van der Waals surface area (Å²) in [5.74, 6) is 2.73. The Bertz CT molecular complexity index is 407.